The van der Waals surface area contributed by atoms with Gasteiger partial charge in [0, 0.05) is 64.9 Å². The third-order valence-electron chi connectivity index (χ3n) is 14.2. The van der Waals surface area contributed by atoms with Crippen molar-refractivity contribution in [2.75, 3.05) is 21.3 Å². The summed E-state index contributed by atoms with van der Waals surface area (Å²) in [4.78, 5) is 25.0. The molecule has 7 heterocycles. The van der Waals surface area contributed by atoms with Crippen molar-refractivity contribution in [3.63, 3.8) is 0 Å². The lowest BCUT2D eigenvalue weighted by atomic mass is 9.79. The van der Waals surface area contributed by atoms with Gasteiger partial charge in [-0.2, -0.15) is 0 Å². The molecule has 16 heteroatoms. The Balaban J connectivity index is 1.07. The van der Waals surface area contributed by atoms with Crippen LogP contribution in [-0.2, 0) is 49.1 Å². The first kappa shape index (κ1) is 54.0. The molecule has 2 aromatic heterocycles. The van der Waals surface area contributed by atoms with Crippen LogP contribution in [0.1, 0.15) is 121 Å². The number of methoxy groups -OCH3 is 3. The minimum Gasteiger partial charge on any atom is -0.458 e. The second kappa shape index (κ2) is 25.2. The van der Waals surface area contributed by atoms with Crippen LogP contribution in [0.3, 0.4) is 0 Å². The second-order valence-electron chi connectivity index (χ2n) is 19.7. The maximum atomic E-state index is 13.6. The summed E-state index contributed by atoms with van der Waals surface area (Å²) in [6.45, 7) is 12.3. The van der Waals surface area contributed by atoms with Crippen molar-refractivity contribution in [3.8, 4) is 0 Å². The zero-order valence-electron chi connectivity index (χ0n) is 41.7. The molecule has 0 spiro atoms. The Kier molecular flexibility index (Phi) is 19.5. The third kappa shape index (κ3) is 14.4. The van der Waals surface area contributed by atoms with Crippen molar-refractivity contribution in [1.29, 1.82) is 0 Å². The first-order valence-electron chi connectivity index (χ1n) is 24.7. The van der Waals surface area contributed by atoms with Gasteiger partial charge in [-0.15, -0.1) is 0 Å². The molecule has 0 amide bonds. The van der Waals surface area contributed by atoms with E-state index in [0.29, 0.717) is 87.4 Å². The Labute approximate surface area is 421 Å². The van der Waals surface area contributed by atoms with Crippen LogP contribution in [0, 0.1) is 11.8 Å². The summed E-state index contributed by atoms with van der Waals surface area (Å²) in [6, 6.07) is 0. The number of allylic oxidation sites excluding steroid dienone is 2. The Hall–Kier alpha value is -3.81. The number of nitrogens with zero attached hydrogens (tertiary/aromatic N) is 2. The van der Waals surface area contributed by atoms with Crippen LogP contribution in [0.15, 0.2) is 92.2 Å². The molecule has 15 atom stereocenters. The molecule has 0 unspecified atom stereocenters. The number of halogens is 1. The minimum absolute atomic E-state index is 0.107. The fraction of sp³-hybridized carbons (Fsp3) is 0.611. The van der Waals surface area contributed by atoms with Crippen molar-refractivity contribution in [2.45, 2.75) is 177 Å². The van der Waals surface area contributed by atoms with E-state index < -0.39 is 48.4 Å². The molecule has 4 saturated heterocycles. The number of carbonyl (C=O) groups is 1. The summed E-state index contributed by atoms with van der Waals surface area (Å²) in [7, 11) is 4.88. The van der Waals surface area contributed by atoms with E-state index in [1.807, 2.05) is 70.2 Å². The van der Waals surface area contributed by atoms with Gasteiger partial charge < -0.3 is 56.9 Å². The smallest absolute Gasteiger partial charge is 0.330 e. The van der Waals surface area contributed by atoms with E-state index in [-0.39, 0.29) is 54.9 Å². The molecule has 2 aromatic rings. The Bertz CT molecular complexity index is 2230. The monoisotopic (exact) mass is 1040 g/mol. The number of aliphatic hydroxyl groups is 2. The summed E-state index contributed by atoms with van der Waals surface area (Å²) in [5.41, 5.74) is 4.02. The van der Waals surface area contributed by atoms with Crippen molar-refractivity contribution < 1.29 is 61.7 Å². The van der Waals surface area contributed by atoms with Crippen molar-refractivity contribution in [3.05, 3.63) is 107 Å². The lowest BCUT2D eigenvalue weighted by molar-refractivity contribution is -0.298. The molecule has 7 rings (SSSR count). The van der Waals surface area contributed by atoms with Crippen LogP contribution in [0.2, 0.25) is 0 Å². The lowest BCUT2D eigenvalue weighted by Gasteiger charge is -2.44. The van der Waals surface area contributed by atoms with Gasteiger partial charge in [0.2, 0.25) is 5.89 Å². The average molecular weight is 1040 g/mol. The zero-order chi connectivity index (χ0) is 50.0. The van der Waals surface area contributed by atoms with Crippen LogP contribution < -0.4 is 0 Å². The molecular formula is C54H73BrN2O13. The zero-order valence-corrected chi connectivity index (χ0v) is 43.2. The van der Waals surface area contributed by atoms with E-state index >= 15 is 0 Å². The molecule has 70 heavy (non-hydrogen) atoms. The minimum atomic E-state index is -1.19. The lowest BCUT2D eigenvalue weighted by Crippen LogP contribution is -2.52. The summed E-state index contributed by atoms with van der Waals surface area (Å²) >= 11 is 3.30. The highest BCUT2D eigenvalue weighted by atomic mass is 79.9. The first-order valence-corrected chi connectivity index (χ1v) is 25.6. The van der Waals surface area contributed by atoms with Gasteiger partial charge in [-0.1, -0.05) is 84.0 Å². The van der Waals surface area contributed by atoms with Gasteiger partial charge in [0.25, 0.3) is 0 Å². The highest BCUT2D eigenvalue weighted by Crippen LogP contribution is 2.40. The predicted octanol–water partition coefficient (Wildman–Crippen LogP) is 9.41. The molecule has 0 saturated carbocycles. The largest absolute Gasteiger partial charge is 0.458 e. The number of ether oxygens (including phenoxy) is 8. The van der Waals surface area contributed by atoms with Gasteiger partial charge in [0.15, 0.2) is 11.7 Å². The first-order chi connectivity index (χ1) is 33.7. The Morgan fingerprint density at radius 2 is 1.77 bits per heavy atom. The molecule has 5 aliphatic rings. The van der Waals surface area contributed by atoms with Gasteiger partial charge in [-0.05, 0) is 75.1 Å². The normalized spacial score (nSPS) is 34.9. The maximum Gasteiger partial charge on any atom is 0.330 e. The molecule has 15 nitrogen and oxygen atoms in total. The number of esters is 1. The van der Waals surface area contributed by atoms with Gasteiger partial charge >= 0.3 is 5.97 Å². The fourth-order valence-corrected chi connectivity index (χ4v) is 10.8. The molecule has 0 aliphatic carbocycles. The molecule has 4 fully saturated rings. The van der Waals surface area contributed by atoms with E-state index in [0.717, 1.165) is 16.7 Å². The fourth-order valence-electron chi connectivity index (χ4n) is 10.5. The summed E-state index contributed by atoms with van der Waals surface area (Å²) in [5, 5.41) is 22.3. The number of oxazole rings is 2. The highest BCUT2D eigenvalue weighted by Gasteiger charge is 2.46. The number of hydrogen-bond acceptors (Lipinski definition) is 15. The van der Waals surface area contributed by atoms with Gasteiger partial charge in [-0.25, -0.2) is 14.8 Å². The van der Waals surface area contributed by atoms with E-state index in [2.05, 4.69) is 22.5 Å². The summed E-state index contributed by atoms with van der Waals surface area (Å²) in [5.74, 6) is -1.21. The standard InChI is InChI=1S/C54H73BrN2O13/c1-32(17-18-39(61-6)13-11-19-55)22-45(59)48-27-43(62-7)28-54(63-8,70-48)29-50-56-37(30-64-50)23-34(3)52-36(5)53-35(4)46(68-52)14-10-15-49-57-44(31-65-49)47-25-38(58)24-42(67-47)26-41-21-33(2)20-40(66-41)12-9-16-51(60)69-53/h9-11,15-19,22-23,30-31,35-36,38-43,45-48,52-53,58-59H,2,12-14,20-21,24-29H2,1,3-8H3/t35-,36-,38+,39+,40-,41+,42-,43+,45+,46+,47+,48+,52-,53-,54-/m0/s1. The quantitative estimate of drug-likeness (QED) is 0.110. The Morgan fingerprint density at radius 3 is 2.54 bits per heavy atom. The highest BCUT2D eigenvalue weighted by molar-refractivity contribution is 9.11. The molecule has 0 aromatic carbocycles. The van der Waals surface area contributed by atoms with Crippen LogP contribution in [-0.4, -0.2) is 120 Å². The van der Waals surface area contributed by atoms with Crippen LogP contribution in [0.25, 0.3) is 12.2 Å². The maximum absolute atomic E-state index is 13.6. The number of rotatable bonds is 13. The van der Waals surface area contributed by atoms with Crippen LogP contribution in [0.4, 0.5) is 0 Å². The molecular weight excluding hydrogens is 964 g/mol. The number of fused-ring (bicyclic) bond motifs is 9. The number of aliphatic hydroxyl groups excluding tert-OH is 2. The average Bonchev–Trinajstić information content (AvgIpc) is 3.99. The number of aromatic nitrogens is 2. The SMILES string of the molecule is C=C1C[C@@H]2C[C@@H]3C[C@@H](O)C[C@@H](O3)c3coc(n3)C=CC[C@H]3O[C@@H](C(C)=Cc4coc(C[C@]5(OC)C[C@H](OC)C[C@H]([C@H](O)C=C(C)C=C[C@@H](CC=CBr)OC)O5)n4)[C@H](C)[C@@H](OC(=O)C=CC[C@@H](C1)O2)[C@H]3C. The van der Waals surface area contributed by atoms with E-state index in [4.69, 9.17) is 56.7 Å². The van der Waals surface area contributed by atoms with Gasteiger partial charge in [-0.3, -0.25) is 0 Å². The van der Waals surface area contributed by atoms with E-state index in [1.54, 1.807) is 44.9 Å². The summed E-state index contributed by atoms with van der Waals surface area (Å²) in [6.07, 6.45) is 20.9. The van der Waals surface area contributed by atoms with E-state index in [1.165, 1.54) is 6.08 Å². The molecule has 2 N–H and O–H groups in total. The van der Waals surface area contributed by atoms with Gasteiger partial charge in [0.1, 0.15) is 36.1 Å². The predicted molar refractivity (Wildman–Crippen MR) is 266 cm³/mol. The van der Waals surface area contributed by atoms with Crippen molar-refractivity contribution in [2.24, 2.45) is 11.8 Å². The summed E-state index contributed by atoms with van der Waals surface area (Å²) < 4.78 is 62.1. The number of carbonyl (C=O) groups excluding carboxylic acids is 1. The van der Waals surface area contributed by atoms with Crippen molar-refractivity contribution in [1.82, 2.24) is 9.97 Å². The second-order valence-corrected chi connectivity index (χ2v) is 20.2. The van der Waals surface area contributed by atoms with Crippen LogP contribution >= 0.6 is 15.9 Å². The Morgan fingerprint density at radius 1 is 0.971 bits per heavy atom. The van der Waals surface area contributed by atoms with Gasteiger partial charge in [0.05, 0.1) is 67.5 Å². The molecule has 8 bridgehead atoms. The molecule has 384 valence electrons. The topological polar surface area (TPSA) is 183 Å². The van der Waals surface area contributed by atoms with Crippen molar-refractivity contribution >= 4 is 34.1 Å². The van der Waals surface area contributed by atoms with E-state index in [9.17, 15) is 15.0 Å². The number of hydrogen-bond donors (Lipinski definition) is 2. The third-order valence-corrected chi connectivity index (χ3v) is 14.6. The van der Waals surface area contributed by atoms with Crippen LogP contribution in [0.5, 0.6) is 0 Å². The molecule has 5 aliphatic heterocycles. The molecule has 0 radical (unpaired) electrons.